The second kappa shape index (κ2) is 10.1. The normalized spacial score (nSPS) is 13.2. The molecule has 1 unspecified atom stereocenters. The van der Waals surface area contributed by atoms with Gasteiger partial charge in [-0.25, -0.2) is 0 Å². The quantitative estimate of drug-likeness (QED) is 0.468. The van der Waals surface area contributed by atoms with E-state index in [1.807, 2.05) is 87.6 Å². The minimum absolute atomic E-state index is 0.436. The second-order valence-corrected chi connectivity index (χ2v) is 5.40. The number of nitrogens with zero attached hydrogens (tertiary/aromatic N) is 1. The van der Waals surface area contributed by atoms with E-state index in [2.05, 4.69) is 0 Å². The van der Waals surface area contributed by atoms with Gasteiger partial charge in [-0.3, -0.25) is 4.99 Å². The highest BCUT2D eigenvalue weighted by molar-refractivity contribution is 5.79. The Kier molecular flexibility index (Phi) is 7.79. The van der Waals surface area contributed by atoms with Crippen molar-refractivity contribution in [3.63, 3.8) is 0 Å². The van der Waals surface area contributed by atoms with Crippen LogP contribution in [0.25, 0.3) is 0 Å². The van der Waals surface area contributed by atoms with E-state index in [-0.39, 0.29) is 0 Å². The van der Waals surface area contributed by atoms with Crippen molar-refractivity contribution in [2.45, 2.75) is 32.8 Å². The predicted molar refractivity (Wildman–Crippen MR) is 101 cm³/mol. The van der Waals surface area contributed by atoms with Crippen LogP contribution in [0.1, 0.15) is 37.9 Å². The highest BCUT2D eigenvalue weighted by Crippen LogP contribution is 2.35. The minimum atomic E-state index is -1.25. The van der Waals surface area contributed by atoms with Crippen LogP contribution in [0.15, 0.2) is 65.7 Å². The lowest BCUT2D eigenvalue weighted by Gasteiger charge is -2.37. The Morgan fingerprint density at radius 2 is 1.28 bits per heavy atom. The highest BCUT2D eigenvalue weighted by Gasteiger charge is 2.43. The molecule has 0 heterocycles. The SMILES string of the molecule is CCOC(OCC)(OCC)C(N=Cc1ccccc1)c1ccccc1. The first kappa shape index (κ1) is 19.3. The fourth-order valence-corrected chi connectivity index (χ4v) is 2.68. The summed E-state index contributed by atoms with van der Waals surface area (Å²) in [5.74, 6) is -1.25. The third-order valence-electron chi connectivity index (χ3n) is 3.66. The van der Waals surface area contributed by atoms with E-state index in [0.29, 0.717) is 19.8 Å². The number of ether oxygens (including phenoxy) is 3. The molecule has 0 aliphatic carbocycles. The first-order valence-electron chi connectivity index (χ1n) is 8.80. The van der Waals surface area contributed by atoms with Crippen LogP contribution in [0.4, 0.5) is 0 Å². The molecule has 0 N–H and O–H groups in total. The van der Waals surface area contributed by atoms with Gasteiger partial charge in [0.15, 0.2) is 6.04 Å². The second-order valence-electron chi connectivity index (χ2n) is 5.40. The number of hydrogen-bond acceptors (Lipinski definition) is 4. The zero-order chi connectivity index (χ0) is 18.0. The van der Waals surface area contributed by atoms with Gasteiger partial charge in [-0.1, -0.05) is 60.7 Å². The minimum Gasteiger partial charge on any atom is -0.326 e. The summed E-state index contributed by atoms with van der Waals surface area (Å²) in [5, 5.41) is 0. The molecule has 2 aromatic rings. The molecule has 0 aliphatic heterocycles. The average Bonchev–Trinajstić information content (AvgIpc) is 2.64. The number of aliphatic imine (C=N–C) groups is 1. The van der Waals surface area contributed by atoms with Crippen LogP contribution in [0, 0.1) is 0 Å². The molecule has 2 rings (SSSR count). The van der Waals surface area contributed by atoms with Crippen molar-refractivity contribution in [1.82, 2.24) is 0 Å². The zero-order valence-corrected chi connectivity index (χ0v) is 15.2. The summed E-state index contributed by atoms with van der Waals surface area (Å²) in [7, 11) is 0. The van der Waals surface area contributed by atoms with Crippen molar-refractivity contribution >= 4 is 6.21 Å². The largest absolute Gasteiger partial charge is 0.326 e. The van der Waals surface area contributed by atoms with Gasteiger partial charge in [-0.05, 0) is 31.9 Å². The lowest BCUT2D eigenvalue weighted by atomic mass is 10.0. The first-order valence-corrected chi connectivity index (χ1v) is 8.80. The Morgan fingerprint density at radius 1 is 0.800 bits per heavy atom. The molecule has 25 heavy (non-hydrogen) atoms. The third kappa shape index (κ3) is 5.23. The van der Waals surface area contributed by atoms with Crippen molar-refractivity contribution in [3.05, 3.63) is 71.8 Å². The van der Waals surface area contributed by atoms with Crippen molar-refractivity contribution in [2.24, 2.45) is 4.99 Å². The van der Waals surface area contributed by atoms with Gasteiger partial charge in [-0.2, -0.15) is 0 Å². The Labute approximate surface area is 150 Å². The third-order valence-corrected chi connectivity index (χ3v) is 3.66. The first-order chi connectivity index (χ1) is 12.3. The van der Waals surface area contributed by atoms with Gasteiger partial charge in [0.2, 0.25) is 0 Å². The van der Waals surface area contributed by atoms with E-state index < -0.39 is 12.0 Å². The lowest BCUT2D eigenvalue weighted by molar-refractivity contribution is -0.387. The molecule has 0 aromatic heterocycles. The van der Waals surface area contributed by atoms with E-state index in [1.54, 1.807) is 0 Å². The molecule has 0 aliphatic rings. The van der Waals surface area contributed by atoms with Crippen LogP contribution in [0.5, 0.6) is 0 Å². The molecule has 0 spiro atoms. The van der Waals surface area contributed by atoms with E-state index >= 15 is 0 Å². The van der Waals surface area contributed by atoms with Crippen LogP contribution in [0.2, 0.25) is 0 Å². The van der Waals surface area contributed by atoms with E-state index in [1.165, 1.54) is 0 Å². The lowest BCUT2D eigenvalue weighted by Crippen LogP contribution is -2.45. The van der Waals surface area contributed by atoms with Crippen molar-refractivity contribution < 1.29 is 14.2 Å². The number of rotatable bonds is 10. The van der Waals surface area contributed by atoms with Crippen LogP contribution >= 0.6 is 0 Å². The van der Waals surface area contributed by atoms with Crippen molar-refractivity contribution in [1.29, 1.82) is 0 Å². The maximum absolute atomic E-state index is 5.96. The molecule has 1 atom stereocenters. The maximum atomic E-state index is 5.96. The Bertz CT molecular complexity index is 611. The van der Waals surface area contributed by atoms with E-state index in [0.717, 1.165) is 11.1 Å². The predicted octanol–water partition coefficient (Wildman–Crippen LogP) is 4.61. The maximum Gasteiger partial charge on any atom is 0.311 e. The molecule has 0 saturated heterocycles. The molecule has 134 valence electrons. The van der Waals surface area contributed by atoms with E-state index in [9.17, 15) is 0 Å². The molecule has 4 heteroatoms. The van der Waals surface area contributed by atoms with Crippen molar-refractivity contribution in [3.8, 4) is 0 Å². The Hall–Kier alpha value is -2.01. The summed E-state index contributed by atoms with van der Waals surface area (Å²) < 4.78 is 17.9. The summed E-state index contributed by atoms with van der Waals surface area (Å²) in [4.78, 5) is 4.79. The van der Waals surface area contributed by atoms with Gasteiger partial charge < -0.3 is 14.2 Å². The molecule has 0 fully saturated rings. The summed E-state index contributed by atoms with van der Waals surface area (Å²) in [6.07, 6.45) is 1.84. The highest BCUT2D eigenvalue weighted by atomic mass is 16.9. The molecule has 0 bridgehead atoms. The fourth-order valence-electron chi connectivity index (χ4n) is 2.68. The molecule has 2 aromatic carbocycles. The van der Waals surface area contributed by atoms with Crippen LogP contribution in [-0.4, -0.2) is 32.0 Å². The summed E-state index contributed by atoms with van der Waals surface area (Å²) in [6, 6.07) is 19.5. The fraction of sp³-hybridized carbons (Fsp3) is 0.381. The Balaban J connectivity index is 2.45. The van der Waals surface area contributed by atoms with Gasteiger partial charge in [-0.15, -0.1) is 0 Å². The average molecular weight is 341 g/mol. The summed E-state index contributed by atoms with van der Waals surface area (Å²) in [5.41, 5.74) is 1.99. The van der Waals surface area contributed by atoms with Gasteiger partial charge in [0, 0.05) is 26.0 Å². The van der Waals surface area contributed by atoms with Gasteiger partial charge in [0.05, 0.1) is 0 Å². The molecule has 0 radical (unpaired) electrons. The van der Waals surface area contributed by atoms with Gasteiger partial charge in [0.1, 0.15) is 0 Å². The van der Waals surface area contributed by atoms with E-state index in [4.69, 9.17) is 19.2 Å². The molecular weight excluding hydrogens is 314 g/mol. The number of benzene rings is 2. The summed E-state index contributed by atoms with van der Waals surface area (Å²) >= 11 is 0. The van der Waals surface area contributed by atoms with Gasteiger partial charge >= 0.3 is 5.97 Å². The smallest absolute Gasteiger partial charge is 0.311 e. The molecular formula is C21H27NO3. The Morgan fingerprint density at radius 3 is 1.76 bits per heavy atom. The topological polar surface area (TPSA) is 40.0 Å². The molecule has 0 saturated carbocycles. The zero-order valence-electron chi connectivity index (χ0n) is 15.2. The standard InChI is InChI=1S/C21H27NO3/c1-4-23-21(24-5-2,25-6-3)20(19-15-11-8-12-16-19)22-17-18-13-9-7-10-14-18/h7-17,20H,4-6H2,1-3H3. The van der Waals surface area contributed by atoms with Crippen molar-refractivity contribution in [2.75, 3.05) is 19.8 Å². The van der Waals surface area contributed by atoms with Crippen LogP contribution in [-0.2, 0) is 14.2 Å². The molecule has 0 amide bonds. The monoisotopic (exact) mass is 341 g/mol. The van der Waals surface area contributed by atoms with Crippen LogP contribution < -0.4 is 0 Å². The van der Waals surface area contributed by atoms with Crippen LogP contribution in [0.3, 0.4) is 0 Å². The molecule has 4 nitrogen and oxygen atoms in total. The van der Waals surface area contributed by atoms with Gasteiger partial charge in [0.25, 0.3) is 0 Å². The summed E-state index contributed by atoms with van der Waals surface area (Å²) in [6.45, 7) is 7.17. The number of hydrogen-bond donors (Lipinski definition) is 0.